The number of aryl methyl sites for hydroxylation is 1. The summed E-state index contributed by atoms with van der Waals surface area (Å²) in [6.07, 6.45) is 0. The molecule has 1 saturated heterocycles. The zero-order valence-electron chi connectivity index (χ0n) is 10.5. The lowest BCUT2D eigenvalue weighted by Gasteiger charge is -2.24. The van der Waals surface area contributed by atoms with Gasteiger partial charge in [-0.2, -0.15) is 0 Å². The van der Waals surface area contributed by atoms with E-state index in [1.807, 2.05) is 0 Å². The van der Waals surface area contributed by atoms with E-state index in [1.54, 1.807) is 0 Å². The summed E-state index contributed by atoms with van der Waals surface area (Å²) in [4.78, 5) is 2.49. The summed E-state index contributed by atoms with van der Waals surface area (Å²) in [6, 6.07) is 9.66. The number of rotatable bonds is 2. The van der Waals surface area contributed by atoms with E-state index in [0.717, 1.165) is 13.1 Å². The van der Waals surface area contributed by atoms with Crippen LogP contribution in [0.3, 0.4) is 0 Å². The lowest BCUT2D eigenvalue weighted by Crippen LogP contribution is -2.29. The molecule has 0 amide bonds. The summed E-state index contributed by atoms with van der Waals surface area (Å²) in [5.74, 6) is 0.618. The van der Waals surface area contributed by atoms with Crippen LogP contribution in [0.15, 0.2) is 24.3 Å². The van der Waals surface area contributed by atoms with Gasteiger partial charge in [-0.3, -0.25) is 4.90 Å². The highest BCUT2D eigenvalue weighted by Gasteiger charge is 2.29. The Kier molecular flexibility index (Phi) is 3.31. The predicted molar refractivity (Wildman–Crippen MR) is 68.3 cm³/mol. The van der Waals surface area contributed by atoms with Crippen molar-refractivity contribution in [1.82, 2.24) is 4.90 Å². The number of likely N-dealkylation sites (tertiary alicyclic amines) is 1. The number of benzene rings is 1. The largest absolute Gasteiger partial charge is 0.326 e. The van der Waals surface area contributed by atoms with Crippen molar-refractivity contribution in [2.24, 2.45) is 11.7 Å². The fourth-order valence-corrected chi connectivity index (χ4v) is 2.40. The summed E-state index contributed by atoms with van der Waals surface area (Å²) >= 11 is 0. The minimum absolute atomic E-state index is 0.341. The van der Waals surface area contributed by atoms with Crippen LogP contribution in [0.5, 0.6) is 0 Å². The smallest absolute Gasteiger partial charge is 0.0320 e. The van der Waals surface area contributed by atoms with Crippen molar-refractivity contribution in [3.05, 3.63) is 35.4 Å². The van der Waals surface area contributed by atoms with Crippen LogP contribution >= 0.6 is 0 Å². The van der Waals surface area contributed by atoms with E-state index in [4.69, 9.17) is 5.73 Å². The Morgan fingerprint density at radius 1 is 1.25 bits per heavy atom. The summed E-state index contributed by atoms with van der Waals surface area (Å²) in [5, 5.41) is 0. The maximum Gasteiger partial charge on any atom is 0.0320 e. The SMILES string of the molecule is Cc1ccc(C(C)N2CC(C)C(N)C2)cc1. The van der Waals surface area contributed by atoms with Gasteiger partial charge >= 0.3 is 0 Å². The van der Waals surface area contributed by atoms with Gasteiger partial charge in [0.2, 0.25) is 0 Å². The Morgan fingerprint density at radius 3 is 2.38 bits per heavy atom. The molecule has 3 unspecified atom stereocenters. The topological polar surface area (TPSA) is 29.3 Å². The second kappa shape index (κ2) is 4.56. The first-order chi connectivity index (χ1) is 7.58. The number of nitrogens with zero attached hydrogens (tertiary/aromatic N) is 1. The third-order valence-corrected chi connectivity index (χ3v) is 3.81. The van der Waals surface area contributed by atoms with Crippen molar-refractivity contribution in [3.8, 4) is 0 Å². The molecule has 0 aliphatic carbocycles. The Hall–Kier alpha value is -0.860. The van der Waals surface area contributed by atoms with Crippen molar-refractivity contribution in [2.45, 2.75) is 32.9 Å². The van der Waals surface area contributed by atoms with Gasteiger partial charge in [0, 0.05) is 25.2 Å². The van der Waals surface area contributed by atoms with Gasteiger partial charge in [0.1, 0.15) is 0 Å². The highest BCUT2D eigenvalue weighted by molar-refractivity contribution is 5.24. The van der Waals surface area contributed by atoms with Crippen molar-refractivity contribution in [3.63, 3.8) is 0 Å². The number of hydrogen-bond donors (Lipinski definition) is 1. The quantitative estimate of drug-likeness (QED) is 0.825. The predicted octanol–water partition coefficient (Wildman–Crippen LogP) is 2.34. The molecule has 88 valence electrons. The molecule has 2 nitrogen and oxygen atoms in total. The van der Waals surface area contributed by atoms with Crippen LogP contribution in [0, 0.1) is 12.8 Å². The van der Waals surface area contributed by atoms with E-state index in [0.29, 0.717) is 18.0 Å². The molecule has 0 spiro atoms. The maximum absolute atomic E-state index is 6.07. The Balaban J connectivity index is 2.08. The molecule has 1 heterocycles. The van der Waals surface area contributed by atoms with Crippen LogP contribution in [-0.4, -0.2) is 24.0 Å². The molecule has 1 aromatic carbocycles. The Bertz CT molecular complexity index is 334. The second-order valence-corrected chi connectivity index (χ2v) is 5.18. The Labute approximate surface area is 98.4 Å². The van der Waals surface area contributed by atoms with Gasteiger partial charge in [-0.15, -0.1) is 0 Å². The zero-order chi connectivity index (χ0) is 11.7. The van der Waals surface area contributed by atoms with Gasteiger partial charge in [0.15, 0.2) is 0 Å². The van der Waals surface area contributed by atoms with Gasteiger partial charge in [-0.25, -0.2) is 0 Å². The number of hydrogen-bond acceptors (Lipinski definition) is 2. The summed E-state index contributed by atoms with van der Waals surface area (Å²) < 4.78 is 0. The van der Waals surface area contributed by atoms with E-state index in [1.165, 1.54) is 11.1 Å². The molecule has 0 saturated carbocycles. The fourth-order valence-electron chi connectivity index (χ4n) is 2.40. The summed E-state index contributed by atoms with van der Waals surface area (Å²) in [5.41, 5.74) is 8.78. The first-order valence-corrected chi connectivity index (χ1v) is 6.14. The van der Waals surface area contributed by atoms with Gasteiger partial charge in [-0.1, -0.05) is 36.8 Å². The minimum atomic E-state index is 0.341. The van der Waals surface area contributed by atoms with Gasteiger partial charge in [-0.05, 0) is 25.3 Å². The molecular formula is C14H22N2. The van der Waals surface area contributed by atoms with E-state index in [9.17, 15) is 0 Å². The Morgan fingerprint density at radius 2 is 1.88 bits per heavy atom. The molecule has 0 bridgehead atoms. The van der Waals surface area contributed by atoms with Crippen LogP contribution in [0.4, 0.5) is 0 Å². The van der Waals surface area contributed by atoms with Gasteiger partial charge in [0.25, 0.3) is 0 Å². The monoisotopic (exact) mass is 218 g/mol. The molecule has 3 atom stereocenters. The standard InChI is InChI=1S/C14H22N2/c1-10-4-6-13(7-5-10)12(3)16-8-11(2)14(15)9-16/h4-7,11-12,14H,8-9,15H2,1-3H3. The molecule has 16 heavy (non-hydrogen) atoms. The molecule has 1 aromatic rings. The van der Waals surface area contributed by atoms with E-state index in [-0.39, 0.29) is 0 Å². The average molecular weight is 218 g/mol. The molecular weight excluding hydrogens is 196 g/mol. The average Bonchev–Trinajstić information content (AvgIpc) is 2.59. The fraction of sp³-hybridized carbons (Fsp3) is 0.571. The highest BCUT2D eigenvalue weighted by atomic mass is 15.2. The van der Waals surface area contributed by atoms with Crippen molar-refractivity contribution in [1.29, 1.82) is 0 Å². The first-order valence-electron chi connectivity index (χ1n) is 6.14. The van der Waals surface area contributed by atoms with Gasteiger partial charge < -0.3 is 5.73 Å². The third-order valence-electron chi connectivity index (χ3n) is 3.81. The third kappa shape index (κ3) is 2.28. The molecule has 1 aliphatic rings. The molecule has 2 heteroatoms. The summed E-state index contributed by atoms with van der Waals surface area (Å²) in [6.45, 7) is 8.79. The normalized spacial score (nSPS) is 28.2. The maximum atomic E-state index is 6.07. The molecule has 2 N–H and O–H groups in total. The van der Waals surface area contributed by atoms with E-state index >= 15 is 0 Å². The molecule has 0 aromatic heterocycles. The van der Waals surface area contributed by atoms with Gasteiger partial charge in [0.05, 0.1) is 0 Å². The highest BCUT2D eigenvalue weighted by Crippen LogP contribution is 2.26. The molecule has 1 aliphatic heterocycles. The molecule has 0 radical (unpaired) electrons. The van der Waals surface area contributed by atoms with Crippen LogP contribution in [0.25, 0.3) is 0 Å². The molecule has 2 rings (SSSR count). The second-order valence-electron chi connectivity index (χ2n) is 5.18. The van der Waals surface area contributed by atoms with Crippen molar-refractivity contribution >= 4 is 0 Å². The van der Waals surface area contributed by atoms with Crippen molar-refractivity contribution in [2.75, 3.05) is 13.1 Å². The van der Waals surface area contributed by atoms with Crippen LogP contribution in [0.2, 0.25) is 0 Å². The van der Waals surface area contributed by atoms with Crippen molar-refractivity contribution < 1.29 is 0 Å². The minimum Gasteiger partial charge on any atom is -0.326 e. The first kappa shape index (κ1) is 11.6. The zero-order valence-corrected chi connectivity index (χ0v) is 10.5. The lowest BCUT2D eigenvalue weighted by atomic mass is 10.1. The molecule has 1 fully saturated rings. The van der Waals surface area contributed by atoms with E-state index in [2.05, 4.69) is 49.9 Å². The van der Waals surface area contributed by atoms with Crippen LogP contribution in [-0.2, 0) is 0 Å². The lowest BCUT2D eigenvalue weighted by molar-refractivity contribution is 0.253. The summed E-state index contributed by atoms with van der Waals surface area (Å²) in [7, 11) is 0. The van der Waals surface area contributed by atoms with E-state index < -0.39 is 0 Å². The van der Waals surface area contributed by atoms with Crippen LogP contribution in [0.1, 0.15) is 31.0 Å². The number of nitrogens with two attached hydrogens (primary N) is 1. The van der Waals surface area contributed by atoms with Crippen LogP contribution < -0.4 is 5.73 Å².